The molecule has 3 aromatic carbocycles. The van der Waals surface area contributed by atoms with Crippen LogP contribution in [-0.2, 0) is 0 Å². The molecule has 0 saturated carbocycles. The first-order chi connectivity index (χ1) is 13.1. The molecule has 1 aromatic heterocycles. The van der Waals surface area contributed by atoms with Gasteiger partial charge >= 0.3 is 0 Å². The Labute approximate surface area is 166 Å². The third-order valence-corrected chi connectivity index (χ3v) is 4.96. The second-order valence-electron chi connectivity index (χ2n) is 6.39. The quantitative estimate of drug-likeness (QED) is 0.411. The summed E-state index contributed by atoms with van der Waals surface area (Å²) >= 11 is 3.52. The molecule has 4 aromatic rings. The average Bonchev–Trinajstić information content (AvgIpc) is 3.14. The summed E-state index contributed by atoms with van der Waals surface area (Å²) in [5, 5.41) is 7.49. The highest BCUT2D eigenvalue weighted by Gasteiger charge is 2.23. The highest BCUT2D eigenvalue weighted by atomic mass is 79.9. The highest BCUT2D eigenvalue weighted by Crippen LogP contribution is 2.35. The smallest absolute Gasteiger partial charge is 0.213 e. The van der Waals surface area contributed by atoms with Gasteiger partial charge in [-0.15, -0.1) is 0 Å². The zero-order chi connectivity index (χ0) is 18.8. The van der Waals surface area contributed by atoms with E-state index in [0.717, 1.165) is 32.4 Å². The molecule has 132 valence electrons. The summed E-state index contributed by atoms with van der Waals surface area (Å²) in [7, 11) is 0. The number of carbonyl (C=O) groups excluding carboxylic acids is 1. The van der Waals surface area contributed by atoms with Crippen LogP contribution in [0.25, 0.3) is 22.4 Å². The van der Waals surface area contributed by atoms with E-state index in [9.17, 15) is 4.79 Å². The van der Waals surface area contributed by atoms with Crippen LogP contribution in [0, 0.1) is 6.92 Å². The Balaban J connectivity index is 1.90. The summed E-state index contributed by atoms with van der Waals surface area (Å²) in [5.41, 5.74) is 5.75. The zero-order valence-corrected chi connectivity index (χ0v) is 16.3. The third-order valence-electron chi connectivity index (χ3n) is 4.47. The largest absolute Gasteiger partial charge is 0.287 e. The number of rotatable bonds is 4. The van der Waals surface area contributed by atoms with Crippen molar-refractivity contribution >= 4 is 21.7 Å². The molecule has 4 rings (SSSR count). The molecule has 0 saturated heterocycles. The lowest BCUT2D eigenvalue weighted by atomic mass is 9.95. The predicted molar refractivity (Wildman–Crippen MR) is 112 cm³/mol. The van der Waals surface area contributed by atoms with Crippen molar-refractivity contribution in [3.63, 3.8) is 0 Å². The lowest BCUT2D eigenvalue weighted by Crippen LogP contribution is -2.04. The molecule has 4 heteroatoms. The fourth-order valence-electron chi connectivity index (χ4n) is 3.09. The molecule has 1 heterocycles. The standard InChI is InChI=1S/C23H17BrN2O/c1-15-10-12-17(13-11-15)23(27)22-20(16-6-3-2-4-7-16)21(25-26-22)18-8-5-9-19(24)14-18/h2-14H,1H3,(H,25,26). The summed E-state index contributed by atoms with van der Waals surface area (Å²) in [6.45, 7) is 2.00. The molecule has 0 aliphatic heterocycles. The number of ketones is 1. The zero-order valence-electron chi connectivity index (χ0n) is 14.7. The van der Waals surface area contributed by atoms with E-state index in [1.54, 1.807) is 0 Å². The van der Waals surface area contributed by atoms with Crippen molar-refractivity contribution in [1.29, 1.82) is 0 Å². The second-order valence-corrected chi connectivity index (χ2v) is 7.31. The minimum atomic E-state index is -0.0913. The minimum absolute atomic E-state index is 0.0913. The maximum Gasteiger partial charge on any atom is 0.213 e. The Morgan fingerprint density at radius 3 is 2.30 bits per heavy atom. The number of carbonyl (C=O) groups is 1. The highest BCUT2D eigenvalue weighted by molar-refractivity contribution is 9.10. The molecule has 0 amide bonds. The molecule has 0 bridgehead atoms. The van der Waals surface area contributed by atoms with Crippen LogP contribution in [0.3, 0.4) is 0 Å². The van der Waals surface area contributed by atoms with Crippen molar-refractivity contribution < 1.29 is 4.79 Å². The van der Waals surface area contributed by atoms with Crippen molar-refractivity contribution in [2.45, 2.75) is 6.92 Å². The van der Waals surface area contributed by atoms with Gasteiger partial charge in [-0.3, -0.25) is 9.89 Å². The van der Waals surface area contributed by atoms with E-state index in [-0.39, 0.29) is 5.78 Å². The average molecular weight is 417 g/mol. The minimum Gasteiger partial charge on any atom is -0.287 e. The lowest BCUT2D eigenvalue weighted by molar-refractivity contribution is 0.103. The topological polar surface area (TPSA) is 45.8 Å². The van der Waals surface area contributed by atoms with Crippen LogP contribution in [-0.4, -0.2) is 16.0 Å². The van der Waals surface area contributed by atoms with Crippen molar-refractivity contribution in [3.05, 3.63) is 100 Å². The van der Waals surface area contributed by atoms with Crippen molar-refractivity contribution in [3.8, 4) is 22.4 Å². The van der Waals surface area contributed by atoms with Gasteiger partial charge in [0.1, 0.15) is 5.69 Å². The maximum atomic E-state index is 13.2. The molecule has 0 spiro atoms. The number of benzene rings is 3. The Morgan fingerprint density at radius 2 is 1.59 bits per heavy atom. The van der Waals surface area contributed by atoms with Gasteiger partial charge in [0.05, 0.1) is 5.69 Å². The van der Waals surface area contributed by atoms with Gasteiger partial charge in [-0.25, -0.2) is 0 Å². The molecule has 0 unspecified atom stereocenters. The number of nitrogens with one attached hydrogen (secondary N) is 1. The summed E-state index contributed by atoms with van der Waals surface area (Å²) < 4.78 is 0.972. The second kappa shape index (κ2) is 7.33. The Morgan fingerprint density at radius 1 is 0.889 bits per heavy atom. The number of halogens is 1. The SMILES string of the molecule is Cc1ccc(C(=O)c2n[nH]c(-c3cccc(Br)c3)c2-c2ccccc2)cc1. The number of H-pyrrole nitrogens is 1. The molecule has 27 heavy (non-hydrogen) atoms. The van der Waals surface area contributed by atoms with Crippen LogP contribution in [0.5, 0.6) is 0 Å². The normalized spacial score (nSPS) is 10.7. The fourth-order valence-corrected chi connectivity index (χ4v) is 3.49. The number of hydrogen-bond acceptors (Lipinski definition) is 2. The van der Waals surface area contributed by atoms with Crippen molar-refractivity contribution in [2.24, 2.45) is 0 Å². The number of nitrogens with zero attached hydrogens (tertiary/aromatic N) is 1. The van der Waals surface area contributed by atoms with Crippen LogP contribution in [0.15, 0.2) is 83.3 Å². The van der Waals surface area contributed by atoms with E-state index in [1.807, 2.05) is 85.8 Å². The summed E-state index contributed by atoms with van der Waals surface area (Å²) in [4.78, 5) is 13.2. The molecule has 1 N–H and O–H groups in total. The molecule has 0 atom stereocenters. The number of aryl methyl sites for hydroxylation is 1. The molecule has 0 fully saturated rings. The fraction of sp³-hybridized carbons (Fsp3) is 0.0435. The molecular weight excluding hydrogens is 400 g/mol. The Hall–Kier alpha value is -2.98. The number of aromatic nitrogens is 2. The van der Waals surface area contributed by atoms with Crippen LogP contribution in [0.1, 0.15) is 21.6 Å². The maximum absolute atomic E-state index is 13.2. The number of aromatic amines is 1. The van der Waals surface area contributed by atoms with E-state index >= 15 is 0 Å². The number of hydrogen-bond donors (Lipinski definition) is 1. The Bertz CT molecular complexity index is 1100. The Kier molecular flexibility index (Phi) is 4.73. The van der Waals surface area contributed by atoms with Gasteiger partial charge in [-0.1, -0.05) is 88.2 Å². The van der Waals surface area contributed by atoms with Gasteiger partial charge in [0.25, 0.3) is 0 Å². The van der Waals surface area contributed by atoms with Crippen molar-refractivity contribution in [2.75, 3.05) is 0 Å². The van der Waals surface area contributed by atoms with E-state index in [2.05, 4.69) is 26.1 Å². The molecule has 3 nitrogen and oxygen atoms in total. The first kappa shape index (κ1) is 17.4. The van der Waals surface area contributed by atoms with Gasteiger partial charge in [0.15, 0.2) is 0 Å². The molecule has 0 aliphatic rings. The molecule has 0 aliphatic carbocycles. The third kappa shape index (κ3) is 3.49. The van der Waals surface area contributed by atoms with Crippen LogP contribution in [0.2, 0.25) is 0 Å². The first-order valence-electron chi connectivity index (χ1n) is 8.64. The van der Waals surface area contributed by atoms with Gasteiger partial charge in [-0.05, 0) is 24.6 Å². The van der Waals surface area contributed by atoms with Gasteiger partial charge in [0.2, 0.25) is 5.78 Å². The van der Waals surface area contributed by atoms with Gasteiger partial charge in [0, 0.05) is 21.2 Å². The summed E-state index contributed by atoms with van der Waals surface area (Å²) in [6.07, 6.45) is 0. The predicted octanol–water partition coefficient (Wildman–Crippen LogP) is 6.05. The van der Waals surface area contributed by atoms with Gasteiger partial charge < -0.3 is 0 Å². The van der Waals surface area contributed by atoms with E-state index in [0.29, 0.717) is 11.3 Å². The molecule has 0 radical (unpaired) electrons. The van der Waals surface area contributed by atoms with Crippen LogP contribution < -0.4 is 0 Å². The van der Waals surface area contributed by atoms with Crippen LogP contribution >= 0.6 is 15.9 Å². The van der Waals surface area contributed by atoms with Crippen LogP contribution in [0.4, 0.5) is 0 Å². The molecular formula is C23H17BrN2O. The van der Waals surface area contributed by atoms with E-state index in [1.165, 1.54) is 0 Å². The van der Waals surface area contributed by atoms with E-state index < -0.39 is 0 Å². The lowest BCUT2D eigenvalue weighted by Gasteiger charge is -2.07. The monoisotopic (exact) mass is 416 g/mol. The van der Waals surface area contributed by atoms with Gasteiger partial charge in [-0.2, -0.15) is 5.10 Å². The summed E-state index contributed by atoms with van der Waals surface area (Å²) in [6, 6.07) is 25.4. The van der Waals surface area contributed by atoms with Crippen molar-refractivity contribution in [1.82, 2.24) is 10.2 Å². The summed E-state index contributed by atoms with van der Waals surface area (Å²) in [5.74, 6) is -0.0913. The first-order valence-corrected chi connectivity index (χ1v) is 9.44. The van der Waals surface area contributed by atoms with E-state index in [4.69, 9.17) is 0 Å².